The summed E-state index contributed by atoms with van der Waals surface area (Å²) in [4.78, 5) is 29.0. The number of nitrogens with one attached hydrogen (secondary N) is 1. The summed E-state index contributed by atoms with van der Waals surface area (Å²) in [5.74, 6) is -0.868. The molecule has 8 nitrogen and oxygen atoms in total. The first-order valence-electron chi connectivity index (χ1n) is 10.9. The molecule has 4 rings (SSSR count). The highest BCUT2D eigenvalue weighted by molar-refractivity contribution is 7.89. The summed E-state index contributed by atoms with van der Waals surface area (Å²) in [5.41, 5.74) is 0. The van der Waals surface area contributed by atoms with Crippen molar-refractivity contribution in [1.29, 1.82) is 0 Å². The van der Waals surface area contributed by atoms with Gasteiger partial charge in [0.1, 0.15) is 10.7 Å². The van der Waals surface area contributed by atoms with Crippen molar-refractivity contribution in [3.05, 3.63) is 52.5 Å². The van der Waals surface area contributed by atoms with Gasteiger partial charge in [0.05, 0.1) is 11.4 Å². The number of sulfonamides is 1. The van der Waals surface area contributed by atoms with Gasteiger partial charge in [0.25, 0.3) is 5.91 Å². The second kappa shape index (κ2) is 10.3. The summed E-state index contributed by atoms with van der Waals surface area (Å²) in [5, 5.41) is 4.93. The van der Waals surface area contributed by atoms with Crippen molar-refractivity contribution in [2.75, 3.05) is 45.8 Å². The predicted molar refractivity (Wildman–Crippen MR) is 123 cm³/mol. The molecule has 0 aliphatic carbocycles. The maximum atomic E-state index is 14.0. The summed E-state index contributed by atoms with van der Waals surface area (Å²) in [6.07, 6.45) is 1.55. The molecule has 3 heterocycles. The van der Waals surface area contributed by atoms with Gasteiger partial charge in [0.2, 0.25) is 15.9 Å². The first-order chi connectivity index (χ1) is 15.8. The Bertz CT molecular complexity index is 1080. The minimum atomic E-state index is -3.93. The van der Waals surface area contributed by atoms with E-state index in [1.807, 2.05) is 11.4 Å². The van der Waals surface area contributed by atoms with Gasteiger partial charge in [-0.3, -0.25) is 14.5 Å². The third-order valence-electron chi connectivity index (χ3n) is 6.07. The van der Waals surface area contributed by atoms with Crippen LogP contribution in [-0.2, 0) is 14.8 Å². The molecule has 1 N–H and O–H groups in total. The fourth-order valence-electron chi connectivity index (χ4n) is 4.16. The van der Waals surface area contributed by atoms with Crippen LogP contribution in [0.15, 0.2) is 46.7 Å². The summed E-state index contributed by atoms with van der Waals surface area (Å²) < 4.78 is 40.7. The molecule has 2 amide bonds. The van der Waals surface area contributed by atoms with Gasteiger partial charge >= 0.3 is 0 Å². The second-order valence-electron chi connectivity index (χ2n) is 8.22. The SMILES string of the molecule is O=C(NC1CCN(CC(=O)N2CCN(S(=O)(=O)c3ccccc3F)CC2)CC1)c1cccs1. The number of benzene rings is 1. The monoisotopic (exact) mass is 494 g/mol. The number of amides is 2. The van der Waals surface area contributed by atoms with Crippen molar-refractivity contribution in [3.8, 4) is 0 Å². The molecule has 1 aromatic heterocycles. The van der Waals surface area contributed by atoms with Gasteiger partial charge in [-0.15, -0.1) is 11.3 Å². The smallest absolute Gasteiger partial charge is 0.261 e. The van der Waals surface area contributed by atoms with Gasteiger partial charge < -0.3 is 10.2 Å². The normalized spacial score (nSPS) is 18.9. The summed E-state index contributed by atoms with van der Waals surface area (Å²) >= 11 is 1.41. The Kier molecular flexibility index (Phi) is 7.42. The number of carbonyl (C=O) groups excluding carboxylic acids is 2. The quantitative estimate of drug-likeness (QED) is 0.659. The minimum absolute atomic E-state index is 0.0426. The topological polar surface area (TPSA) is 90.0 Å². The predicted octanol–water partition coefficient (Wildman–Crippen LogP) is 1.61. The average molecular weight is 495 g/mol. The lowest BCUT2D eigenvalue weighted by Crippen LogP contribution is -2.53. The highest BCUT2D eigenvalue weighted by Crippen LogP contribution is 2.21. The van der Waals surface area contributed by atoms with E-state index in [9.17, 15) is 22.4 Å². The third kappa shape index (κ3) is 5.60. The molecule has 33 heavy (non-hydrogen) atoms. The number of piperidine rings is 1. The van der Waals surface area contributed by atoms with Crippen molar-refractivity contribution in [2.24, 2.45) is 0 Å². The highest BCUT2D eigenvalue weighted by atomic mass is 32.2. The fourth-order valence-corrected chi connectivity index (χ4v) is 6.28. The Labute approximate surface area is 197 Å². The van der Waals surface area contributed by atoms with E-state index in [-0.39, 0.29) is 55.5 Å². The van der Waals surface area contributed by atoms with Crippen LogP contribution in [0, 0.1) is 5.82 Å². The molecule has 2 aromatic rings. The van der Waals surface area contributed by atoms with Crippen molar-refractivity contribution in [2.45, 2.75) is 23.8 Å². The first-order valence-corrected chi connectivity index (χ1v) is 13.3. The number of carbonyl (C=O) groups is 2. The van der Waals surface area contributed by atoms with Crippen LogP contribution in [0.3, 0.4) is 0 Å². The highest BCUT2D eigenvalue weighted by Gasteiger charge is 2.32. The molecule has 2 aliphatic rings. The molecule has 11 heteroatoms. The zero-order valence-electron chi connectivity index (χ0n) is 18.2. The summed E-state index contributed by atoms with van der Waals surface area (Å²) in [6, 6.07) is 9.08. The van der Waals surface area contributed by atoms with E-state index in [2.05, 4.69) is 10.2 Å². The molecule has 0 spiro atoms. The average Bonchev–Trinajstić information content (AvgIpc) is 3.36. The molecule has 0 atom stereocenters. The van der Waals surface area contributed by atoms with E-state index in [1.165, 1.54) is 33.8 Å². The number of nitrogens with zero attached hydrogens (tertiary/aromatic N) is 3. The molecule has 0 radical (unpaired) electrons. The number of rotatable bonds is 6. The maximum absolute atomic E-state index is 14.0. The number of piperazine rings is 1. The Morgan fingerprint density at radius 3 is 2.33 bits per heavy atom. The molecule has 1 aromatic carbocycles. The number of hydrogen-bond donors (Lipinski definition) is 1. The van der Waals surface area contributed by atoms with Crippen LogP contribution in [0.2, 0.25) is 0 Å². The van der Waals surface area contributed by atoms with Crippen LogP contribution in [-0.4, -0.2) is 86.2 Å². The Morgan fingerprint density at radius 2 is 1.70 bits per heavy atom. The lowest BCUT2D eigenvalue weighted by Gasteiger charge is -2.36. The number of likely N-dealkylation sites (tertiary alicyclic amines) is 1. The van der Waals surface area contributed by atoms with Gasteiger partial charge in [0.15, 0.2) is 0 Å². The Morgan fingerprint density at radius 1 is 1.00 bits per heavy atom. The summed E-state index contributed by atoms with van der Waals surface area (Å²) in [6.45, 7) is 2.52. The molecule has 0 unspecified atom stereocenters. The number of thiophene rings is 1. The molecule has 178 valence electrons. The lowest BCUT2D eigenvalue weighted by molar-refractivity contribution is -0.133. The Balaban J connectivity index is 1.22. The van der Waals surface area contributed by atoms with Crippen molar-refractivity contribution in [3.63, 3.8) is 0 Å². The molecule has 2 aliphatic heterocycles. The van der Waals surface area contributed by atoms with Crippen LogP contribution in [0.4, 0.5) is 4.39 Å². The number of halogens is 1. The standard InChI is InChI=1S/C22H27FN4O4S2/c23-18-4-1-2-6-20(18)33(30,31)27-13-11-26(12-14-27)21(28)16-25-9-7-17(8-10-25)24-22(29)19-5-3-15-32-19/h1-6,15,17H,7-14,16H2,(H,24,29). The largest absolute Gasteiger partial charge is 0.349 e. The van der Waals surface area contributed by atoms with Gasteiger partial charge in [-0.1, -0.05) is 18.2 Å². The van der Waals surface area contributed by atoms with Crippen molar-refractivity contribution < 1.29 is 22.4 Å². The van der Waals surface area contributed by atoms with Crippen LogP contribution in [0.1, 0.15) is 22.5 Å². The van der Waals surface area contributed by atoms with E-state index >= 15 is 0 Å². The van der Waals surface area contributed by atoms with Crippen LogP contribution >= 0.6 is 11.3 Å². The van der Waals surface area contributed by atoms with E-state index in [4.69, 9.17) is 0 Å². The van der Waals surface area contributed by atoms with E-state index in [0.717, 1.165) is 18.9 Å². The van der Waals surface area contributed by atoms with E-state index in [1.54, 1.807) is 11.0 Å². The van der Waals surface area contributed by atoms with Crippen molar-refractivity contribution >= 4 is 33.2 Å². The lowest BCUT2D eigenvalue weighted by atomic mass is 10.0. The van der Waals surface area contributed by atoms with E-state index in [0.29, 0.717) is 18.0 Å². The van der Waals surface area contributed by atoms with Gasteiger partial charge in [0, 0.05) is 45.3 Å². The third-order valence-corrected chi connectivity index (χ3v) is 8.87. The van der Waals surface area contributed by atoms with Gasteiger partial charge in [-0.25, -0.2) is 12.8 Å². The van der Waals surface area contributed by atoms with E-state index < -0.39 is 15.8 Å². The van der Waals surface area contributed by atoms with Gasteiger partial charge in [-0.05, 0) is 36.4 Å². The molecule has 0 saturated carbocycles. The molecule has 2 saturated heterocycles. The van der Waals surface area contributed by atoms with Crippen molar-refractivity contribution in [1.82, 2.24) is 19.4 Å². The molecular formula is C22H27FN4O4S2. The van der Waals surface area contributed by atoms with Crippen LogP contribution in [0.5, 0.6) is 0 Å². The molecule has 0 bridgehead atoms. The Hall–Kier alpha value is -2.34. The maximum Gasteiger partial charge on any atom is 0.261 e. The zero-order chi connectivity index (χ0) is 23.4. The summed E-state index contributed by atoms with van der Waals surface area (Å²) in [7, 11) is -3.93. The minimum Gasteiger partial charge on any atom is -0.349 e. The zero-order valence-corrected chi connectivity index (χ0v) is 19.8. The fraction of sp³-hybridized carbons (Fsp3) is 0.455. The van der Waals surface area contributed by atoms with Crippen LogP contribution in [0.25, 0.3) is 0 Å². The first kappa shape index (κ1) is 23.8. The van der Waals surface area contributed by atoms with Gasteiger partial charge in [-0.2, -0.15) is 4.31 Å². The molecular weight excluding hydrogens is 467 g/mol. The second-order valence-corrected chi connectivity index (χ2v) is 11.1. The van der Waals surface area contributed by atoms with Crippen LogP contribution < -0.4 is 5.32 Å². The molecule has 2 fully saturated rings. The number of hydrogen-bond acceptors (Lipinski definition) is 6.